The lowest BCUT2D eigenvalue weighted by Gasteiger charge is -2.47. The van der Waals surface area contributed by atoms with E-state index in [0.29, 0.717) is 5.92 Å². The van der Waals surface area contributed by atoms with Crippen molar-refractivity contribution in [2.45, 2.75) is 69.8 Å². The van der Waals surface area contributed by atoms with Crippen LogP contribution in [-0.4, -0.2) is 10.7 Å². The number of hydrogen-bond donors (Lipinski definition) is 1. The lowest BCUT2D eigenvalue weighted by Crippen LogP contribution is -2.46. The minimum Gasteiger partial charge on any atom is -0.390 e. The molecule has 5 aliphatic carbocycles. The molecule has 7 unspecified atom stereocenters. The van der Waals surface area contributed by atoms with E-state index in [1.807, 2.05) is 0 Å². The average Bonchev–Trinajstić information content (AvgIpc) is 3.17. The van der Waals surface area contributed by atoms with Gasteiger partial charge in [-0.1, -0.05) is 19.3 Å². The van der Waals surface area contributed by atoms with Crippen LogP contribution in [0.2, 0.25) is 0 Å². The quantitative estimate of drug-likeness (QED) is 0.707. The van der Waals surface area contributed by atoms with E-state index in [-0.39, 0.29) is 5.60 Å². The van der Waals surface area contributed by atoms with Crippen LogP contribution in [0.5, 0.6) is 0 Å². The van der Waals surface area contributed by atoms with Gasteiger partial charge in [-0.3, -0.25) is 0 Å². The van der Waals surface area contributed by atoms with Crippen LogP contribution >= 0.6 is 0 Å². The molecule has 5 fully saturated rings. The summed E-state index contributed by atoms with van der Waals surface area (Å²) in [7, 11) is 0. The van der Waals surface area contributed by atoms with Gasteiger partial charge in [0.05, 0.1) is 5.60 Å². The fourth-order valence-corrected chi connectivity index (χ4v) is 7.72. The Morgan fingerprint density at radius 3 is 2.26 bits per heavy atom. The van der Waals surface area contributed by atoms with Gasteiger partial charge in [0.1, 0.15) is 0 Å². The minimum absolute atomic E-state index is 0.246. The highest BCUT2D eigenvalue weighted by atomic mass is 16.3. The first-order valence-electron chi connectivity index (χ1n) is 8.99. The Morgan fingerprint density at radius 2 is 1.47 bits per heavy atom. The number of rotatable bonds is 1. The molecule has 1 heteroatoms. The zero-order valence-corrected chi connectivity index (χ0v) is 12.1. The molecule has 5 rings (SSSR count). The van der Waals surface area contributed by atoms with E-state index in [1.54, 1.807) is 12.8 Å². The van der Waals surface area contributed by atoms with Gasteiger partial charge in [-0.15, -0.1) is 0 Å². The van der Waals surface area contributed by atoms with Gasteiger partial charge in [-0.2, -0.15) is 0 Å². The standard InChI is InChI=1S/C18H28O/c19-18(6-2-1-3-7-18)15-10-13-9-14(15)17-12-5-4-11(8-12)16(13)17/h11-17,19H,1-10H2. The van der Waals surface area contributed by atoms with Crippen LogP contribution in [-0.2, 0) is 0 Å². The van der Waals surface area contributed by atoms with Crippen LogP contribution in [0.4, 0.5) is 0 Å². The first-order valence-corrected chi connectivity index (χ1v) is 8.99. The molecular weight excluding hydrogens is 232 g/mol. The van der Waals surface area contributed by atoms with Crippen molar-refractivity contribution in [3.63, 3.8) is 0 Å². The monoisotopic (exact) mass is 260 g/mol. The van der Waals surface area contributed by atoms with Crippen molar-refractivity contribution in [3.8, 4) is 0 Å². The molecule has 0 aromatic carbocycles. The first kappa shape index (κ1) is 11.6. The molecule has 0 spiro atoms. The zero-order chi connectivity index (χ0) is 12.6. The molecule has 0 aliphatic heterocycles. The van der Waals surface area contributed by atoms with E-state index < -0.39 is 0 Å². The van der Waals surface area contributed by atoms with Crippen LogP contribution in [0.15, 0.2) is 0 Å². The molecule has 5 saturated carbocycles. The Morgan fingerprint density at radius 1 is 0.737 bits per heavy atom. The normalized spacial score (nSPS) is 57.6. The molecule has 0 heterocycles. The van der Waals surface area contributed by atoms with Gasteiger partial charge in [0, 0.05) is 0 Å². The highest BCUT2D eigenvalue weighted by molar-refractivity contribution is 5.13. The maximum Gasteiger partial charge on any atom is 0.0678 e. The van der Waals surface area contributed by atoms with Gasteiger partial charge in [0.25, 0.3) is 0 Å². The largest absolute Gasteiger partial charge is 0.390 e. The third-order valence-electron chi connectivity index (χ3n) is 8.14. The molecule has 0 aromatic rings. The average molecular weight is 260 g/mol. The second-order valence-electron chi connectivity index (χ2n) is 8.65. The van der Waals surface area contributed by atoms with E-state index in [9.17, 15) is 5.11 Å². The van der Waals surface area contributed by atoms with Gasteiger partial charge >= 0.3 is 0 Å². The fourth-order valence-electron chi connectivity index (χ4n) is 7.72. The first-order chi connectivity index (χ1) is 9.26. The Hall–Kier alpha value is -0.0400. The second kappa shape index (κ2) is 3.78. The molecule has 1 nitrogen and oxygen atoms in total. The van der Waals surface area contributed by atoms with E-state index in [1.165, 1.54) is 38.5 Å². The van der Waals surface area contributed by atoms with E-state index in [0.717, 1.165) is 48.3 Å². The Labute approximate surface area is 117 Å². The summed E-state index contributed by atoms with van der Waals surface area (Å²) in [5, 5.41) is 11.2. The van der Waals surface area contributed by atoms with Crippen molar-refractivity contribution in [1.82, 2.24) is 0 Å². The SMILES string of the molecule is OC1(C2CC3CC2C2C4CCC(C4)C32)CCCCC1. The summed E-state index contributed by atoms with van der Waals surface area (Å²) in [4.78, 5) is 0. The molecule has 19 heavy (non-hydrogen) atoms. The smallest absolute Gasteiger partial charge is 0.0678 e. The lowest BCUT2D eigenvalue weighted by molar-refractivity contribution is -0.0880. The van der Waals surface area contributed by atoms with Gasteiger partial charge in [-0.25, -0.2) is 0 Å². The third kappa shape index (κ3) is 1.41. The fraction of sp³-hybridized carbons (Fsp3) is 1.00. The summed E-state index contributed by atoms with van der Waals surface area (Å²) in [6, 6.07) is 0. The third-order valence-corrected chi connectivity index (χ3v) is 8.14. The van der Waals surface area contributed by atoms with Gasteiger partial charge in [0.2, 0.25) is 0 Å². The molecule has 0 amide bonds. The number of fused-ring (bicyclic) bond motifs is 9. The maximum atomic E-state index is 11.2. The Kier molecular flexibility index (Phi) is 2.31. The maximum absolute atomic E-state index is 11.2. The van der Waals surface area contributed by atoms with Crippen LogP contribution in [0.1, 0.15) is 64.2 Å². The van der Waals surface area contributed by atoms with Crippen LogP contribution in [0.25, 0.3) is 0 Å². The van der Waals surface area contributed by atoms with Crippen LogP contribution in [0.3, 0.4) is 0 Å². The van der Waals surface area contributed by atoms with Gasteiger partial charge in [0.15, 0.2) is 0 Å². The summed E-state index contributed by atoms with van der Waals surface area (Å²) in [5.74, 6) is 6.96. The molecule has 106 valence electrons. The zero-order valence-electron chi connectivity index (χ0n) is 12.1. The molecule has 0 radical (unpaired) electrons. The van der Waals surface area contributed by atoms with Crippen LogP contribution in [0, 0.1) is 41.4 Å². The van der Waals surface area contributed by atoms with Crippen molar-refractivity contribution in [2.75, 3.05) is 0 Å². The molecule has 0 aromatic heterocycles. The molecule has 7 atom stereocenters. The predicted molar refractivity (Wildman–Crippen MR) is 75.5 cm³/mol. The molecule has 0 saturated heterocycles. The molecule has 4 bridgehead atoms. The van der Waals surface area contributed by atoms with Crippen molar-refractivity contribution < 1.29 is 5.11 Å². The summed E-state index contributed by atoms with van der Waals surface area (Å²) in [5.41, 5.74) is -0.246. The van der Waals surface area contributed by atoms with Crippen molar-refractivity contribution >= 4 is 0 Å². The van der Waals surface area contributed by atoms with Crippen molar-refractivity contribution in [2.24, 2.45) is 41.4 Å². The summed E-state index contributed by atoms with van der Waals surface area (Å²) in [6.45, 7) is 0. The summed E-state index contributed by atoms with van der Waals surface area (Å²) >= 11 is 0. The lowest BCUT2D eigenvalue weighted by atomic mass is 9.61. The van der Waals surface area contributed by atoms with Gasteiger partial charge < -0.3 is 5.11 Å². The second-order valence-corrected chi connectivity index (χ2v) is 8.65. The highest BCUT2D eigenvalue weighted by Gasteiger charge is 2.64. The predicted octanol–water partition coefficient (Wildman–Crippen LogP) is 4.00. The van der Waals surface area contributed by atoms with E-state index >= 15 is 0 Å². The molecular formula is C18H28O. The summed E-state index contributed by atoms with van der Waals surface area (Å²) in [6.07, 6.45) is 13.7. The summed E-state index contributed by atoms with van der Waals surface area (Å²) < 4.78 is 0. The Bertz CT molecular complexity index is 383. The Balaban J connectivity index is 1.43. The molecule has 5 aliphatic rings. The van der Waals surface area contributed by atoms with Gasteiger partial charge in [-0.05, 0) is 86.4 Å². The van der Waals surface area contributed by atoms with Crippen molar-refractivity contribution in [1.29, 1.82) is 0 Å². The minimum atomic E-state index is -0.246. The topological polar surface area (TPSA) is 20.2 Å². The number of aliphatic hydroxyl groups is 1. The van der Waals surface area contributed by atoms with E-state index in [2.05, 4.69) is 0 Å². The van der Waals surface area contributed by atoms with Crippen molar-refractivity contribution in [3.05, 3.63) is 0 Å². The van der Waals surface area contributed by atoms with Crippen LogP contribution < -0.4 is 0 Å². The highest BCUT2D eigenvalue weighted by Crippen LogP contribution is 2.70. The number of hydrogen-bond acceptors (Lipinski definition) is 1. The molecule has 1 N–H and O–H groups in total. The van der Waals surface area contributed by atoms with E-state index in [4.69, 9.17) is 0 Å².